The van der Waals surface area contributed by atoms with Crippen molar-refractivity contribution in [2.75, 3.05) is 23.5 Å². The van der Waals surface area contributed by atoms with E-state index in [1.807, 2.05) is 124 Å². The molecular weight excluding hydrogens is 767 g/mol. The van der Waals surface area contributed by atoms with E-state index in [0.29, 0.717) is 38.0 Å². The van der Waals surface area contributed by atoms with E-state index in [9.17, 15) is 9.90 Å². The van der Waals surface area contributed by atoms with Gasteiger partial charge in [-0.05, 0) is 71.5 Å². The number of carbonyl (C=O) groups excluding carboxylic acids is 2. The molecule has 306 valence electrons. The number of aryl methyl sites for hydroxylation is 2. The van der Waals surface area contributed by atoms with Crippen LogP contribution in [0.25, 0.3) is 0 Å². The second kappa shape index (κ2) is 15.9. The molecular formula is C49H51N5O5Si. The number of ether oxygens (including phenoxy) is 2. The fourth-order valence-electron chi connectivity index (χ4n) is 10.2. The van der Waals surface area contributed by atoms with E-state index < -0.39 is 13.7 Å². The highest BCUT2D eigenvalue weighted by atomic mass is 28.3. The van der Waals surface area contributed by atoms with Crippen LogP contribution in [0, 0.1) is 5.92 Å². The summed E-state index contributed by atoms with van der Waals surface area (Å²) in [4.78, 5) is 33.1. The van der Waals surface area contributed by atoms with Gasteiger partial charge in [0.2, 0.25) is 5.91 Å². The van der Waals surface area contributed by atoms with Crippen LogP contribution in [0.4, 0.5) is 17.1 Å². The third-order valence-electron chi connectivity index (χ3n) is 13.3. The summed E-state index contributed by atoms with van der Waals surface area (Å²) in [7, 11) is -0.770. The van der Waals surface area contributed by atoms with Gasteiger partial charge in [-0.2, -0.15) is 0 Å². The fraction of sp³-hybridized carbons (Fsp3) is 0.306. The number of rotatable bonds is 12. The lowest BCUT2D eigenvalue weighted by Gasteiger charge is -2.37. The predicted octanol–water partition coefficient (Wildman–Crippen LogP) is 7.87. The van der Waals surface area contributed by atoms with E-state index >= 15 is 4.79 Å². The number of carbonyl (C=O) groups is 2. The van der Waals surface area contributed by atoms with E-state index in [-0.39, 0.29) is 41.9 Å². The van der Waals surface area contributed by atoms with Gasteiger partial charge < -0.3 is 19.5 Å². The minimum atomic E-state index is -2.45. The Hall–Kier alpha value is -5.88. The van der Waals surface area contributed by atoms with E-state index in [0.717, 1.165) is 45.1 Å². The number of aromatic nitrogens is 3. The predicted molar refractivity (Wildman–Crippen MR) is 236 cm³/mol. The van der Waals surface area contributed by atoms with Gasteiger partial charge in [-0.25, -0.2) is 0 Å². The zero-order valence-electron chi connectivity index (χ0n) is 34.6. The molecule has 60 heavy (non-hydrogen) atoms. The molecule has 1 N–H and O–H groups in total. The first kappa shape index (κ1) is 39.6. The van der Waals surface area contributed by atoms with Crippen molar-refractivity contribution in [3.8, 4) is 5.75 Å². The van der Waals surface area contributed by atoms with Crippen LogP contribution in [0.1, 0.15) is 53.6 Å². The molecule has 5 atom stereocenters. The number of para-hydroxylation sites is 1. The second-order valence-electron chi connectivity index (χ2n) is 16.9. The lowest BCUT2D eigenvalue weighted by atomic mass is 9.82. The molecule has 2 amide bonds. The molecule has 0 saturated carbocycles. The van der Waals surface area contributed by atoms with E-state index in [4.69, 9.17) is 9.47 Å². The molecule has 3 aliphatic heterocycles. The quantitative estimate of drug-likeness (QED) is 0.125. The number of hydrogen-bond donors (Lipinski definition) is 1. The van der Waals surface area contributed by atoms with Gasteiger partial charge in [-0.3, -0.25) is 19.2 Å². The van der Waals surface area contributed by atoms with Crippen molar-refractivity contribution in [3.05, 3.63) is 162 Å². The molecule has 0 bridgehead atoms. The molecule has 1 unspecified atom stereocenters. The molecule has 0 aliphatic carbocycles. The molecule has 1 fully saturated rings. The van der Waals surface area contributed by atoms with Gasteiger partial charge in [-0.1, -0.05) is 121 Å². The molecule has 5 aromatic carbocycles. The monoisotopic (exact) mass is 817 g/mol. The summed E-state index contributed by atoms with van der Waals surface area (Å²) in [6, 6.07) is 42.4. The number of benzene rings is 5. The maximum atomic E-state index is 15.6. The van der Waals surface area contributed by atoms with Crippen LogP contribution in [0.3, 0.4) is 0 Å². The van der Waals surface area contributed by atoms with Crippen LogP contribution in [0.2, 0.25) is 18.6 Å². The first-order valence-corrected chi connectivity index (χ1v) is 24.0. The van der Waals surface area contributed by atoms with E-state index in [1.54, 1.807) is 7.11 Å². The third-order valence-corrected chi connectivity index (χ3v) is 17.7. The summed E-state index contributed by atoms with van der Waals surface area (Å²) in [5.74, 6) is 0.210. The van der Waals surface area contributed by atoms with Crippen LogP contribution in [0.5, 0.6) is 5.75 Å². The second-order valence-corrected chi connectivity index (χ2v) is 21.6. The summed E-state index contributed by atoms with van der Waals surface area (Å²) in [6.07, 6.45) is 3.28. The van der Waals surface area contributed by atoms with Crippen molar-refractivity contribution < 1.29 is 24.2 Å². The molecule has 1 aromatic heterocycles. The Morgan fingerprint density at radius 1 is 0.883 bits per heavy atom. The summed E-state index contributed by atoms with van der Waals surface area (Å²) in [6.45, 7) is 7.77. The highest BCUT2D eigenvalue weighted by molar-refractivity contribution is 6.91. The molecule has 3 aliphatic rings. The smallest absolute Gasteiger partial charge is 0.264 e. The number of nitrogens with zero attached hydrogens (tertiary/aromatic N) is 5. The zero-order valence-corrected chi connectivity index (χ0v) is 35.6. The normalized spacial score (nSPS) is 21.6. The van der Waals surface area contributed by atoms with Crippen molar-refractivity contribution >= 4 is 42.1 Å². The molecule has 10 nitrogen and oxygen atoms in total. The first-order valence-electron chi connectivity index (χ1n) is 20.9. The van der Waals surface area contributed by atoms with Crippen molar-refractivity contribution in [3.63, 3.8) is 0 Å². The average molecular weight is 818 g/mol. The number of anilines is 3. The van der Waals surface area contributed by atoms with Crippen LogP contribution in [0.15, 0.2) is 134 Å². The molecule has 1 spiro atoms. The number of amides is 2. The average Bonchev–Trinajstić information content (AvgIpc) is 3.93. The topological polar surface area (TPSA) is 110 Å². The van der Waals surface area contributed by atoms with Gasteiger partial charge in [0.05, 0.1) is 57.4 Å². The van der Waals surface area contributed by atoms with Gasteiger partial charge in [0, 0.05) is 36.3 Å². The lowest BCUT2D eigenvalue weighted by Crippen LogP contribution is -2.51. The minimum Gasteiger partial charge on any atom is -0.497 e. The third kappa shape index (κ3) is 6.74. The molecule has 11 heteroatoms. The van der Waals surface area contributed by atoms with Crippen LogP contribution in [-0.4, -0.2) is 59.8 Å². The van der Waals surface area contributed by atoms with Crippen molar-refractivity contribution in [2.24, 2.45) is 5.92 Å². The Balaban J connectivity index is 1.14. The number of aliphatic hydroxyl groups is 1. The highest BCUT2D eigenvalue weighted by Crippen LogP contribution is 2.61. The summed E-state index contributed by atoms with van der Waals surface area (Å²) in [5, 5.41) is 20.7. The van der Waals surface area contributed by atoms with E-state index in [2.05, 4.69) is 54.6 Å². The van der Waals surface area contributed by atoms with Crippen molar-refractivity contribution in [1.29, 1.82) is 0 Å². The number of fused-ring (bicyclic) bond motifs is 3. The Labute approximate surface area is 352 Å². The first-order chi connectivity index (χ1) is 29.1. The number of aliphatic hydroxyl groups excluding tert-OH is 1. The SMILES string of the molecule is COc1ccc([Si](C)(C)[C@H]2[C@H](CCn3cc(C(CO)c4ccccc4)nn3)O[C@@]3(C(=O)N(Cc4ccccc4)c4ccc(N5C(=O)CCc6ccccc65)cc43)[C@@H]2C)cc1. The standard InChI is InChI=1S/C49H51N5O5Si/c1-33-47(60(3,4)39-23-21-38(58-2)22-24-39)45(27-28-52-31-42(50-51-52)40(32-55)35-15-9-6-10-16-35)59-49(33)41-29-37(54-43-18-12-11-17-36(43)19-26-46(54)56)20-25-44(41)53(48(49)57)30-34-13-7-5-8-14-34/h5-18,20-25,29,31,33,40,45,47,55H,19,26-28,30,32H2,1-4H3/t33-,40?,45+,47-,49+/m1/s1. The van der Waals surface area contributed by atoms with Gasteiger partial charge in [0.15, 0.2) is 5.60 Å². The Morgan fingerprint density at radius 2 is 1.60 bits per heavy atom. The van der Waals surface area contributed by atoms with Crippen molar-refractivity contribution in [2.45, 2.75) is 75.5 Å². The van der Waals surface area contributed by atoms with Crippen LogP contribution >= 0.6 is 0 Å². The lowest BCUT2D eigenvalue weighted by molar-refractivity contribution is -0.146. The molecule has 0 radical (unpaired) electrons. The maximum Gasteiger partial charge on any atom is 0.264 e. The van der Waals surface area contributed by atoms with Gasteiger partial charge >= 0.3 is 0 Å². The molecule has 6 aromatic rings. The Morgan fingerprint density at radius 3 is 2.33 bits per heavy atom. The zero-order chi connectivity index (χ0) is 41.6. The van der Waals surface area contributed by atoms with Crippen molar-refractivity contribution in [1.82, 2.24) is 15.0 Å². The molecule has 9 rings (SSSR count). The molecule has 4 heterocycles. The summed E-state index contributed by atoms with van der Waals surface area (Å²) in [5.41, 5.74) is 5.70. The van der Waals surface area contributed by atoms with Gasteiger partial charge in [-0.15, -0.1) is 5.10 Å². The van der Waals surface area contributed by atoms with Gasteiger partial charge in [0.25, 0.3) is 5.91 Å². The largest absolute Gasteiger partial charge is 0.497 e. The Bertz CT molecular complexity index is 2510. The number of methoxy groups -OCH3 is 1. The fourth-order valence-corrected chi connectivity index (χ4v) is 14.3. The van der Waals surface area contributed by atoms with Crippen LogP contribution in [-0.2, 0) is 39.4 Å². The highest BCUT2D eigenvalue weighted by Gasteiger charge is 2.66. The molecule has 1 saturated heterocycles. The Kier molecular flexibility index (Phi) is 10.5. The summed E-state index contributed by atoms with van der Waals surface area (Å²) < 4.78 is 14.9. The number of hydrogen-bond acceptors (Lipinski definition) is 7. The van der Waals surface area contributed by atoms with Gasteiger partial charge in [0.1, 0.15) is 5.75 Å². The van der Waals surface area contributed by atoms with Crippen LogP contribution < -0.4 is 19.7 Å². The summed E-state index contributed by atoms with van der Waals surface area (Å²) >= 11 is 0. The minimum absolute atomic E-state index is 0.00197. The maximum absolute atomic E-state index is 15.6. The van der Waals surface area contributed by atoms with E-state index in [1.165, 1.54) is 5.19 Å².